The first-order chi connectivity index (χ1) is 22.5. The van der Waals surface area contributed by atoms with Crippen molar-refractivity contribution in [2.24, 2.45) is 11.8 Å². The van der Waals surface area contributed by atoms with Crippen molar-refractivity contribution in [3.63, 3.8) is 0 Å². The van der Waals surface area contributed by atoms with Crippen LogP contribution in [0.25, 0.3) is 0 Å². The van der Waals surface area contributed by atoms with Gasteiger partial charge in [-0.1, -0.05) is 66.7 Å². The smallest absolute Gasteiger partial charge is 0.220 e. The van der Waals surface area contributed by atoms with E-state index in [1.165, 1.54) is 16.7 Å². The summed E-state index contributed by atoms with van der Waals surface area (Å²) in [5, 5.41) is 0. The van der Waals surface area contributed by atoms with Crippen molar-refractivity contribution in [1.82, 2.24) is 14.8 Å². The molecule has 7 heteroatoms. The number of oxazole rings is 1. The lowest BCUT2D eigenvalue weighted by Gasteiger charge is -2.43. The highest BCUT2D eigenvalue weighted by atomic mass is 19.1. The normalized spacial score (nSPS) is 22.0. The third-order valence-electron chi connectivity index (χ3n) is 10.5. The summed E-state index contributed by atoms with van der Waals surface area (Å²) in [5.41, 5.74) is 6.21. The molecule has 7 rings (SSSR count). The second-order valence-electron chi connectivity index (χ2n) is 13.6. The third-order valence-corrected chi connectivity index (χ3v) is 10.5. The van der Waals surface area contributed by atoms with Gasteiger partial charge in [-0.05, 0) is 92.4 Å². The summed E-state index contributed by atoms with van der Waals surface area (Å²) in [5.74, 6) is 2.52. The highest BCUT2D eigenvalue weighted by Gasteiger charge is 2.40. The van der Waals surface area contributed by atoms with Crippen molar-refractivity contribution in [1.29, 1.82) is 0 Å². The van der Waals surface area contributed by atoms with Gasteiger partial charge in [-0.15, -0.1) is 0 Å². The Morgan fingerprint density at radius 1 is 0.848 bits per heavy atom. The molecule has 0 bridgehead atoms. The van der Waals surface area contributed by atoms with Gasteiger partial charge >= 0.3 is 0 Å². The summed E-state index contributed by atoms with van der Waals surface area (Å²) in [6.45, 7) is 4.94. The average molecular weight is 623 g/mol. The van der Waals surface area contributed by atoms with Crippen molar-refractivity contribution < 1.29 is 13.5 Å². The predicted octanol–water partition coefficient (Wildman–Crippen LogP) is 7.45. The lowest BCUT2D eigenvalue weighted by molar-refractivity contribution is 0.0591. The number of morpholine rings is 1. The molecule has 2 unspecified atom stereocenters. The van der Waals surface area contributed by atoms with E-state index in [4.69, 9.17) is 14.1 Å². The average Bonchev–Trinajstić information content (AvgIpc) is 3.49. The molecule has 0 N–H and O–H groups in total. The lowest BCUT2D eigenvalue weighted by atomic mass is 9.73. The van der Waals surface area contributed by atoms with Crippen LogP contribution in [0.5, 0.6) is 0 Å². The summed E-state index contributed by atoms with van der Waals surface area (Å²) in [6, 6.07) is 27.0. The van der Waals surface area contributed by atoms with E-state index in [1.54, 1.807) is 12.1 Å². The summed E-state index contributed by atoms with van der Waals surface area (Å²) < 4.78 is 26.9. The molecule has 3 aliphatic rings. The number of halogens is 1. The Balaban J connectivity index is 1.20. The van der Waals surface area contributed by atoms with E-state index < -0.39 is 0 Å². The minimum Gasteiger partial charge on any atom is -0.423 e. The summed E-state index contributed by atoms with van der Waals surface area (Å²) >= 11 is 0. The van der Waals surface area contributed by atoms with E-state index in [0.29, 0.717) is 25.0 Å². The van der Waals surface area contributed by atoms with Crippen LogP contribution in [-0.2, 0) is 24.1 Å². The first-order valence-electron chi connectivity index (χ1n) is 17.1. The Hall–Kier alpha value is -3.52. The van der Waals surface area contributed by atoms with Crippen LogP contribution >= 0.6 is 0 Å². The monoisotopic (exact) mass is 622 g/mol. The van der Waals surface area contributed by atoms with E-state index in [9.17, 15) is 4.39 Å². The molecule has 1 saturated heterocycles. The van der Waals surface area contributed by atoms with Crippen LogP contribution in [-0.4, -0.2) is 61.7 Å². The SMILES string of the molecule is CN(C)C(c1cccc(F)c1)C1CCC(C(c2nc(Cc3ccccc3)c(N3CCOCC3)o2)N2CCc3ccccc3C2)CC1. The lowest BCUT2D eigenvalue weighted by Crippen LogP contribution is -2.40. The maximum atomic E-state index is 14.3. The fourth-order valence-corrected chi connectivity index (χ4v) is 8.28. The summed E-state index contributed by atoms with van der Waals surface area (Å²) in [7, 11) is 4.26. The highest BCUT2D eigenvalue weighted by Crippen LogP contribution is 2.46. The number of aromatic nitrogens is 1. The Kier molecular flexibility index (Phi) is 9.52. The van der Waals surface area contributed by atoms with E-state index in [1.807, 2.05) is 6.07 Å². The Morgan fingerprint density at radius 3 is 2.30 bits per heavy atom. The molecule has 3 aromatic carbocycles. The van der Waals surface area contributed by atoms with Crippen LogP contribution in [0.3, 0.4) is 0 Å². The van der Waals surface area contributed by atoms with Crippen LogP contribution in [0.4, 0.5) is 10.3 Å². The number of benzene rings is 3. The third kappa shape index (κ3) is 6.78. The molecule has 242 valence electrons. The Labute approximate surface area is 273 Å². The molecule has 0 radical (unpaired) electrons. The maximum Gasteiger partial charge on any atom is 0.220 e. The molecule has 2 aliphatic heterocycles. The van der Waals surface area contributed by atoms with Crippen LogP contribution < -0.4 is 4.90 Å². The number of ether oxygens (including phenoxy) is 1. The zero-order valence-corrected chi connectivity index (χ0v) is 27.3. The van der Waals surface area contributed by atoms with Crippen molar-refractivity contribution in [3.05, 3.63) is 119 Å². The topological polar surface area (TPSA) is 45.0 Å². The second kappa shape index (κ2) is 14.1. The molecule has 1 aliphatic carbocycles. The molecule has 4 aromatic rings. The van der Waals surface area contributed by atoms with Crippen molar-refractivity contribution >= 4 is 5.88 Å². The number of nitrogens with zero attached hydrogens (tertiary/aromatic N) is 4. The van der Waals surface area contributed by atoms with Gasteiger partial charge in [0.1, 0.15) is 11.5 Å². The Morgan fingerprint density at radius 2 is 1.57 bits per heavy atom. The molecule has 0 amide bonds. The van der Waals surface area contributed by atoms with Crippen LogP contribution in [0.2, 0.25) is 0 Å². The zero-order valence-electron chi connectivity index (χ0n) is 27.3. The van der Waals surface area contributed by atoms with Gasteiger partial charge in [0, 0.05) is 38.6 Å². The van der Waals surface area contributed by atoms with Crippen LogP contribution in [0.1, 0.15) is 71.6 Å². The molecular weight excluding hydrogens is 575 g/mol. The van der Waals surface area contributed by atoms with Gasteiger partial charge in [-0.2, -0.15) is 0 Å². The van der Waals surface area contributed by atoms with E-state index >= 15 is 0 Å². The van der Waals surface area contributed by atoms with Crippen molar-refractivity contribution in [3.8, 4) is 0 Å². The molecular formula is C39H47FN4O2. The van der Waals surface area contributed by atoms with Crippen LogP contribution in [0, 0.1) is 17.7 Å². The number of rotatable bonds is 9. The Bertz CT molecular complexity index is 1580. The maximum absolute atomic E-state index is 14.3. The largest absolute Gasteiger partial charge is 0.423 e. The predicted molar refractivity (Wildman–Crippen MR) is 180 cm³/mol. The van der Waals surface area contributed by atoms with Gasteiger partial charge in [-0.25, -0.2) is 9.37 Å². The molecule has 6 nitrogen and oxygen atoms in total. The summed E-state index contributed by atoms with van der Waals surface area (Å²) in [6.07, 6.45) is 6.17. The van der Waals surface area contributed by atoms with E-state index in [-0.39, 0.29) is 17.9 Å². The van der Waals surface area contributed by atoms with Gasteiger partial charge in [0.05, 0.1) is 19.3 Å². The molecule has 1 aromatic heterocycles. The zero-order chi connectivity index (χ0) is 31.5. The minimum absolute atomic E-state index is 0.102. The number of anilines is 1. The standard InChI is InChI=1S/C39H47FN4O2/c1-42(2)36(32-13-8-14-34(40)26-32)30-15-17-31(18-16-30)37(44-20-19-29-11-6-7-12-33(29)27-44)38-41-35(25-28-9-4-3-5-10-28)39(46-38)43-21-23-45-24-22-43/h3-14,26,30-31,36-37H,15-25,27H2,1-2H3. The molecule has 2 atom stereocenters. The van der Waals surface area contributed by atoms with Crippen molar-refractivity contribution in [2.45, 2.75) is 57.2 Å². The molecule has 0 spiro atoms. The van der Waals surface area contributed by atoms with Gasteiger partial charge in [-0.3, -0.25) is 4.90 Å². The first kappa shape index (κ1) is 31.1. The van der Waals surface area contributed by atoms with Crippen LogP contribution in [0.15, 0.2) is 83.3 Å². The second-order valence-corrected chi connectivity index (χ2v) is 13.6. The molecule has 46 heavy (non-hydrogen) atoms. The number of hydrogen-bond donors (Lipinski definition) is 0. The van der Waals surface area contributed by atoms with Gasteiger partial charge in [0.15, 0.2) is 0 Å². The number of fused-ring (bicyclic) bond motifs is 1. The molecule has 1 saturated carbocycles. The quantitative estimate of drug-likeness (QED) is 0.193. The number of hydrogen-bond acceptors (Lipinski definition) is 6. The fraction of sp³-hybridized carbons (Fsp3) is 0.462. The van der Waals surface area contributed by atoms with E-state index in [0.717, 1.165) is 87.7 Å². The first-order valence-corrected chi connectivity index (χ1v) is 17.1. The minimum atomic E-state index is -0.158. The van der Waals surface area contributed by atoms with E-state index in [2.05, 4.69) is 89.5 Å². The van der Waals surface area contributed by atoms with Crippen molar-refractivity contribution in [2.75, 3.05) is 51.8 Å². The van der Waals surface area contributed by atoms with Gasteiger partial charge < -0.3 is 19.0 Å². The molecule has 2 fully saturated rings. The fourth-order valence-electron chi connectivity index (χ4n) is 8.28. The highest BCUT2D eigenvalue weighted by molar-refractivity contribution is 5.44. The van der Waals surface area contributed by atoms with Gasteiger partial charge in [0.2, 0.25) is 11.8 Å². The summed E-state index contributed by atoms with van der Waals surface area (Å²) in [4.78, 5) is 12.6. The van der Waals surface area contributed by atoms with Gasteiger partial charge in [0.25, 0.3) is 0 Å². The molecule has 3 heterocycles.